The summed E-state index contributed by atoms with van der Waals surface area (Å²) in [5.41, 5.74) is 0.748. The minimum Gasteiger partial charge on any atom is -0.481 e. The van der Waals surface area contributed by atoms with Gasteiger partial charge in [-0.05, 0) is 24.3 Å². The largest absolute Gasteiger partial charge is 0.481 e. The number of carbonyl (C=O) groups is 2. The number of amides is 1. The zero-order chi connectivity index (χ0) is 15.5. The first-order valence-electron chi connectivity index (χ1n) is 7.68. The molecule has 0 heterocycles. The lowest BCUT2D eigenvalue weighted by atomic mass is 9.78. The molecule has 4 nitrogen and oxygen atoms in total. The van der Waals surface area contributed by atoms with Crippen LogP contribution in [0.15, 0.2) is 42.5 Å². The Hall–Kier alpha value is -2.36. The van der Waals surface area contributed by atoms with E-state index < -0.39 is 17.8 Å². The van der Waals surface area contributed by atoms with Crippen molar-refractivity contribution in [2.45, 2.75) is 25.7 Å². The number of carbonyl (C=O) groups excluding carboxylic acids is 1. The normalized spacial score (nSPS) is 21.5. The number of hydrogen-bond acceptors (Lipinski definition) is 2. The van der Waals surface area contributed by atoms with Crippen LogP contribution in [-0.2, 0) is 9.59 Å². The Labute approximate surface area is 129 Å². The van der Waals surface area contributed by atoms with Gasteiger partial charge in [0.05, 0.1) is 11.8 Å². The van der Waals surface area contributed by atoms with Crippen molar-refractivity contribution in [2.24, 2.45) is 11.8 Å². The minimum absolute atomic E-state index is 0.177. The number of aliphatic carboxylic acids is 1. The van der Waals surface area contributed by atoms with Crippen LogP contribution in [0.5, 0.6) is 0 Å². The zero-order valence-corrected chi connectivity index (χ0v) is 12.3. The molecule has 2 N–H and O–H groups in total. The van der Waals surface area contributed by atoms with E-state index in [4.69, 9.17) is 0 Å². The third-order valence-corrected chi connectivity index (χ3v) is 4.47. The van der Waals surface area contributed by atoms with Gasteiger partial charge >= 0.3 is 5.97 Å². The van der Waals surface area contributed by atoms with Gasteiger partial charge in [0.15, 0.2) is 0 Å². The second-order valence-electron chi connectivity index (χ2n) is 5.85. The summed E-state index contributed by atoms with van der Waals surface area (Å²) >= 11 is 0. The van der Waals surface area contributed by atoms with Crippen molar-refractivity contribution < 1.29 is 14.7 Å². The maximum atomic E-state index is 12.6. The molecule has 4 heteroatoms. The van der Waals surface area contributed by atoms with Gasteiger partial charge in [0.25, 0.3) is 0 Å². The fourth-order valence-corrected chi connectivity index (χ4v) is 3.30. The quantitative estimate of drug-likeness (QED) is 0.908. The molecule has 1 aliphatic rings. The van der Waals surface area contributed by atoms with Crippen molar-refractivity contribution in [1.82, 2.24) is 0 Å². The molecular formula is C18H19NO3. The topological polar surface area (TPSA) is 66.4 Å². The monoisotopic (exact) mass is 297 g/mol. The van der Waals surface area contributed by atoms with Crippen LogP contribution in [0.25, 0.3) is 10.8 Å². The van der Waals surface area contributed by atoms with E-state index in [1.54, 1.807) is 0 Å². The molecule has 0 saturated heterocycles. The fourth-order valence-electron chi connectivity index (χ4n) is 3.30. The van der Waals surface area contributed by atoms with E-state index in [1.165, 1.54) is 0 Å². The number of carboxylic acids is 1. The lowest BCUT2D eigenvalue weighted by molar-refractivity contribution is -0.147. The summed E-state index contributed by atoms with van der Waals surface area (Å²) in [5.74, 6) is -2.05. The highest BCUT2D eigenvalue weighted by atomic mass is 16.4. The molecule has 0 spiro atoms. The lowest BCUT2D eigenvalue weighted by Gasteiger charge is -2.27. The first kappa shape index (κ1) is 14.6. The third-order valence-electron chi connectivity index (χ3n) is 4.47. The molecule has 3 rings (SSSR count). The van der Waals surface area contributed by atoms with Crippen molar-refractivity contribution in [3.05, 3.63) is 42.5 Å². The number of carboxylic acid groups (broad SMARTS) is 1. The summed E-state index contributed by atoms with van der Waals surface area (Å²) in [7, 11) is 0. The van der Waals surface area contributed by atoms with Crippen molar-refractivity contribution in [1.29, 1.82) is 0 Å². The van der Waals surface area contributed by atoms with Crippen LogP contribution < -0.4 is 5.32 Å². The highest BCUT2D eigenvalue weighted by molar-refractivity contribution is 6.03. The van der Waals surface area contributed by atoms with E-state index in [-0.39, 0.29) is 5.91 Å². The standard InChI is InChI=1S/C18H19NO3/c20-17(14-9-3-4-10-15(14)18(21)22)19-16-11-5-7-12-6-1-2-8-13(12)16/h1-2,5-8,11,14-15H,3-4,9-10H2,(H,19,20)(H,21,22)/t14-,15-/m1/s1. The Balaban J connectivity index is 1.85. The van der Waals surface area contributed by atoms with Crippen LogP contribution in [0, 0.1) is 11.8 Å². The predicted molar refractivity (Wildman–Crippen MR) is 85.7 cm³/mol. The van der Waals surface area contributed by atoms with Crippen molar-refractivity contribution in [3.8, 4) is 0 Å². The second kappa shape index (κ2) is 6.18. The van der Waals surface area contributed by atoms with Crippen molar-refractivity contribution >= 4 is 28.3 Å². The van der Waals surface area contributed by atoms with Crippen LogP contribution >= 0.6 is 0 Å². The van der Waals surface area contributed by atoms with Crippen LogP contribution in [0.3, 0.4) is 0 Å². The van der Waals surface area contributed by atoms with Crippen LogP contribution in [0.4, 0.5) is 5.69 Å². The highest BCUT2D eigenvalue weighted by Gasteiger charge is 2.35. The zero-order valence-electron chi connectivity index (χ0n) is 12.3. The average Bonchev–Trinajstić information content (AvgIpc) is 2.55. The molecule has 1 saturated carbocycles. The lowest BCUT2D eigenvalue weighted by Crippen LogP contribution is -2.36. The molecule has 1 fully saturated rings. The van der Waals surface area contributed by atoms with Gasteiger partial charge in [0.1, 0.15) is 0 Å². The molecule has 22 heavy (non-hydrogen) atoms. The van der Waals surface area contributed by atoms with Gasteiger partial charge in [-0.15, -0.1) is 0 Å². The molecule has 1 amide bonds. The summed E-state index contributed by atoms with van der Waals surface area (Å²) in [4.78, 5) is 23.9. The van der Waals surface area contributed by atoms with E-state index in [1.807, 2.05) is 42.5 Å². The molecule has 0 unspecified atom stereocenters. The molecule has 0 aromatic heterocycles. The smallest absolute Gasteiger partial charge is 0.307 e. The van der Waals surface area contributed by atoms with Crippen LogP contribution in [0.1, 0.15) is 25.7 Å². The summed E-state index contributed by atoms with van der Waals surface area (Å²) < 4.78 is 0. The summed E-state index contributed by atoms with van der Waals surface area (Å²) in [6.45, 7) is 0. The fraction of sp³-hybridized carbons (Fsp3) is 0.333. The molecule has 0 radical (unpaired) electrons. The Kier molecular flexibility index (Phi) is 4.09. The number of hydrogen-bond donors (Lipinski definition) is 2. The average molecular weight is 297 g/mol. The summed E-state index contributed by atoms with van der Waals surface area (Å²) in [6.07, 6.45) is 3.03. The Bertz CT molecular complexity index is 705. The highest BCUT2D eigenvalue weighted by Crippen LogP contribution is 2.32. The summed E-state index contributed by atoms with van der Waals surface area (Å²) in [6, 6.07) is 13.6. The van der Waals surface area contributed by atoms with Crippen LogP contribution in [0.2, 0.25) is 0 Å². The predicted octanol–water partition coefficient (Wildman–Crippen LogP) is 3.67. The van der Waals surface area contributed by atoms with Gasteiger partial charge < -0.3 is 10.4 Å². The van der Waals surface area contributed by atoms with Crippen molar-refractivity contribution in [2.75, 3.05) is 5.32 Å². The number of anilines is 1. The Morgan fingerprint density at radius 1 is 0.955 bits per heavy atom. The van der Waals surface area contributed by atoms with E-state index in [0.29, 0.717) is 12.8 Å². The van der Waals surface area contributed by atoms with Gasteiger partial charge in [0.2, 0.25) is 5.91 Å². The summed E-state index contributed by atoms with van der Waals surface area (Å²) in [5, 5.41) is 14.3. The van der Waals surface area contributed by atoms with Crippen LogP contribution in [-0.4, -0.2) is 17.0 Å². The molecule has 1 aliphatic carbocycles. The maximum absolute atomic E-state index is 12.6. The minimum atomic E-state index is -0.863. The molecular weight excluding hydrogens is 278 g/mol. The van der Waals surface area contributed by atoms with E-state index in [9.17, 15) is 14.7 Å². The molecule has 2 aromatic carbocycles. The number of nitrogens with one attached hydrogen (secondary N) is 1. The number of rotatable bonds is 3. The van der Waals surface area contributed by atoms with Crippen molar-refractivity contribution in [3.63, 3.8) is 0 Å². The molecule has 2 aromatic rings. The second-order valence-corrected chi connectivity index (χ2v) is 5.85. The molecule has 0 aliphatic heterocycles. The van der Waals surface area contributed by atoms with Gasteiger partial charge in [-0.25, -0.2) is 0 Å². The Morgan fingerprint density at radius 3 is 2.41 bits per heavy atom. The van der Waals surface area contributed by atoms with Gasteiger partial charge in [0, 0.05) is 11.1 Å². The molecule has 114 valence electrons. The van der Waals surface area contributed by atoms with Gasteiger partial charge in [-0.2, -0.15) is 0 Å². The first-order valence-corrected chi connectivity index (χ1v) is 7.68. The molecule has 0 bridgehead atoms. The van der Waals surface area contributed by atoms with E-state index in [2.05, 4.69) is 5.32 Å². The maximum Gasteiger partial charge on any atom is 0.307 e. The SMILES string of the molecule is O=C(O)[C@@H]1CCCC[C@H]1C(=O)Nc1cccc2ccccc12. The number of benzene rings is 2. The first-order chi connectivity index (χ1) is 10.7. The van der Waals surface area contributed by atoms with E-state index in [0.717, 1.165) is 29.3 Å². The Morgan fingerprint density at radius 2 is 1.64 bits per heavy atom. The van der Waals surface area contributed by atoms with E-state index >= 15 is 0 Å². The van der Waals surface area contributed by atoms with Gasteiger partial charge in [-0.3, -0.25) is 9.59 Å². The van der Waals surface area contributed by atoms with Gasteiger partial charge in [-0.1, -0.05) is 49.2 Å². The third kappa shape index (κ3) is 2.82. The number of fused-ring (bicyclic) bond motifs is 1. The molecule has 2 atom stereocenters.